The van der Waals surface area contributed by atoms with Gasteiger partial charge in [0, 0.05) is 11.6 Å². The highest BCUT2D eigenvalue weighted by atomic mass is 35.5. The van der Waals surface area contributed by atoms with Crippen molar-refractivity contribution in [3.8, 4) is 11.5 Å². The summed E-state index contributed by atoms with van der Waals surface area (Å²) in [6.45, 7) is 0.342. The molecule has 1 saturated heterocycles. The van der Waals surface area contributed by atoms with Crippen LogP contribution in [0.4, 0.5) is 5.69 Å². The van der Waals surface area contributed by atoms with E-state index >= 15 is 0 Å². The van der Waals surface area contributed by atoms with Crippen LogP contribution >= 0.6 is 11.6 Å². The number of nitrogens with zero attached hydrogens (tertiary/aromatic N) is 1. The molecule has 7 heteroatoms. The number of amides is 2. The van der Waals surface area contributed by atoms with Gasteiger partial charge in [0.1, 0.15) is 17.5 Å². The molecular weight excluding hydrogens is 368 g/mol. The maximum Gasteiger partial charge on any atom is 0.252 e. The molecule has 1 atom stereocenters. The molecule has 0 aromatic heterocycles. The largest absolute Gasteiger partial charge is 0.497 e. The molecule has 6 nitrogen and oxygen atoms in total. The van der Waals surface area contributed by atoms with Crippen molar-refractivity contribution in [2.45, 2.75) is 18.9 Å². The van der Waals surface area contributed by atoms with Crippen molar-refractivity contribution in [1.29, 1.82) is 0 Å². The van der Waals surface area contributed by atoms with E-state index in [-0.39, 0.29) is 18.2 Å². The van der Waals surface area contributed by atoms with Crippen LogP contribution in [0.1, 0.15) is 12.0 Å². The van der Waals surface area contributed by atoms with Crippen molar-refractivity contribution in [2.75, 3.05) is 26.1 Å². The molecule has 1 N–H and O–H groups in total. The Morgan fingerprint density at radius 2 is 1.85 bits per heavy atom. The number of anilines is 1. The summed E-state index contributed by atoms with van der Waals surface area (Å²) in [5, 5.41) is 3.61. The molecule has 27 heavy (non-hydrogen) atoms. The third-order valence-corrected chi connectivity index (χ3v) is 4.75. The van der Waals surface area contributed by atoms with Crippen molar-refractivity contribution < 1.29 is 19.1 Å². The quantitative estimate of drug-likeness (QED) is 0.738. The van der Waals surface area contributed by atoms with Gasteiger partial charge in [-0.2, -0.15) is 0 Å². The molecule has 0 spiro atoms. The highest BCUT2D eigenvalue weighted by molar-refractivity contribution is 6.31. The van der Waals surface area contributed by atoms with E-state index in [9.17, 15) is 9.59 Å². The molecule has 2 aromatic rings. The minimum Gasteiger partial charge on any atom is -0.497 e. The van der Waals surface area contributed by atoms with Gasteiger partial charge < -0.3 is 14.8 Å². The monoisotopic (exact) mass is 388 g/mol. The molecule has 142 valence electrons. The number of carbonyl (C=O) groups is 2. The van der Waals surface area contributed by atoms with E-state index in [1.165, 1.54) is 12.0 Å². The van der Waals surface area contributed by atoms with E-state index in [0.717, 1.165) is 11.3 Å². The molecule has 1 heterocycles. The van der Waals surface area contributed by atoms with E-state index in [1.54, 1.807) is 25.3 Å². The molecule has 0 saturated carbocycles. The van der Waals surface area contributed by atoms with Gasteiger partial charge in [-0.3, -0.25) is 14.5 Å². The topological polar surface area (TPSA) is 67.9 Å². The first-order valence-corrected chi connectivity index (χ1v) is 8.97. The van der Waals surface area contributed by atoms with Crippen LogP contribution in [0.5, 0.6) is 11.5 Å². The van der Waals surface area contributed by atoms with Crippen molar-refractivity contribution in [3.05, 3.63) is 53.1 Å². The summed E-state index contributed by atoms with van der Waals surface area (Å²) in [4.78, 5) is 26.3. The number of carbonyl (C=O) groups excluding carboxylic acids is 2. The van der Waals surface area contributed by atoms with Crippen LogP contribution in [0.3, 0.4) is 0 Å². The first-order chi connectivity index (χ1) is 13.0. The molecular formula is C20H21ClN2O4. The summed E-state index contributed by atoms with van der Waals surface area (Å²) in [5.74, 6) is 0.908. The zero-order valence-electron chi connectivity index (χ0n) is 15.2. The van der Waals surface area contributed by atoms with Crippen LogP contribution in [-0.4, -0.2) is 43.5 Å². The Hall–Kier alpha value is -2.73. The Balaban J connectivity index is 1.65. The number of methoxy groups -OCH3 is 2. The average Bonchev–Trinajstić information content (AvgIpc) is 2.94. The van der Waals surface area contributed by atoms with Crippen LogP contribution < -0.4 is 14.8 Å². The summed E-state index contributed by atoms with van der Waals surface area (Å²) >= 11 is 6.03. The van der Waals surface area contributed by atoms with Crippen LogP contribution in [0.15, 0.2) is 42.5 Å². The van der Waals surface area contributed by atoms with Gasteiger partial charge in [-0.25, -0.2) is 0 Å². The van der Waals surface area contributed by atoms with Crippen molar-refractivity contribution in [2.24, 2.45) is 0 Å². The number of hydrogen-bond donors (Lipinski definition) is 1. The van der Waals surface area contributed by atoms with Crippen LogP contribution in [0, 0.1) is 0 Å². The normalized spacial score (nSPS) is 16.6. The number of imide groups is 1. The average molecular weight is 389 g/mol. The van der Waals surface area contributed by atoms with E-state index in [1.807, 2.05) is 24.3 Å². The SMILES string of the molecule is COc1ccc(CCN2C(=O)C[C@H](Nc3cc(Cl)ccc3OC)C2=O)cc1. The molecule has 1 aliphatic rings. The lowest BCUT2D eigenvalue weighted by Gasteiger charge is -2.17. The van der Waals surface area contributed by atoms with Crippen LogP contribution in [-0.2, 0) is 16.0 Å². The molecule has 3 rings (SSSR count). The van der Waals surface area contributed by atoms with Gasteiger partial charge in [-0.15, -0.1) is 0 Å². The second-order valence-electron chi connectivity index (χ2n) is 6.23. The minimum atomic E-state index is -0.624. The highest BCUT2D eigenvalue weighted by Gasteiger charge is 2.38. The lowest BCUT2D eigenvalue weighted by Crippen LogP contribution is -2.36. The summed E-state index contributed by atoms with van der Waals surface area (Å²) in [6, 6.07) is 12.0. The van der Waals surface area contributed by atoms with E-state index in [2.05, 4.69) is 5.32 Å². The Kier molecular flexibility index (Phi) is 5.86. The first-order valence-electron chi connectivity index (χ1n) is 8.59. The molecule has 1 aliphatic heterocycles. The second-order valence-corrected chi connectivity index (χ2v) is 6.66. The van der Waals surface area contributed by atoms with Gasteiger partial charge in [0.05, 0.1) is 26.3 Å². The van der Waals surface area contributed by atoms with Gasteiger partial charge in [-0.1, -0.05) is 23.7 Å². The lowest BCUT2D eigenvalue weighted by molar-refractivity contribution is -0.138. The van der Waals surface area contributed by atoms with E-state index < -0.39 is 6.04 Å². The zero-order chi connectivity index (χ0) is 19.4. The van der Waals surface area contributed by atoms with E-state index in [4.69, 9.17) is 21.1 Å². The van der Waals surface area contributed by atoms with E-state index in [0.29, 0.717) is 29.4 Å². The van der Waals surface area contributed by atoms with Crippen molar-refractivity contribution in [3.63, 3.8) is 0 Å². The molecule has 0 unspecified atom stereocenters. The fourth-order valence-electron chi connectivity index (χ4n) is 3.04. The van der Waals surface area contributed by atoms with Gasteiger partial charge in [0.15, 0.2) is 0 Å². The zero-order valence-corrected chi connectivity index (χ0v) is 16.0. The standard InChI is InChI=1S/C20H21ClN2O4/c1-26-15-6-3-13(4-7-15)9-10-23-19(24)12-17(20(23)25)22-16-11-14(21)5-8-18(16)27-2/h3-8,11,17,22H,9-10,12H2,1-2H3/t17-/m0/s1. The Morgan fingerprint density at radius 3 is 2.52 bits per heavy atom. The predicted molar refractivity (Wildman–Crippen MR) is 103 cm³/mol. The van der Waals surface area contributed by atoms with Gasteiger partial charge in [0.25, 0.3) is 5.91 Å². The van der Waals surface area contributed by atoms with Gasteiger partial charge in [-0.05, 0) is 42.3 Å². The lowest BCUT2D eigenvalue weighted by atomic mass is 10.1. The Labute approximate surface area is 163 Å². The number of hydrogen-bond acceptors (Lipinski definition) is 5. The maximum absolute atomic E-state index is 12.7. The summed E-state index contributed by atoms with van der Waals surface area (Å²) in [7, 11) is 3.15. The van der Waals surface area contributed by atoms with Gasteiger partial charge in [0.2, 0.25) is 5.91 Å². The molecule has 0 aliphatic carbocycles. The molecule has 2 aromatic carbocycles. The maximum atomic E-state index is 12.7. The Morgan fingerprint density at radius 1 is 1.11 bits per heavy atom. The molecule has 2 amide bonds. The molecule has 0 bridgehead atoms. The third-order valence-electron chi connectivity index (χ3n) is 4.52. The minimum absolute atomic E-state index is 0.108. The Bertz CT molecular complexity index is 838. The number of benzene rings is 2. The summed E-state index contributed by atoms with van der Waals surface area (Å²) in [6.07, 6.45) is 0.700. The van der Waals surface area contributed by atoms with Gasteiger partial charge >= 0.3 is 0 Å². The number of halogens is 1. The number of ether oxygens (including phenoxy) is 2. The van der Waals surface area contributed by atoms with Crippen molar-refractivity contribution >= 4 is 29.1 Å². The summed E-state index contributed by atoms with van der Waals surface area (Å²) in [5.41, 5.74) is 1.62. The highest BCUT2D eigenvalue weighted by Crippen LogP contribution is 2.30. The fraction of sp³-hybridized carbons (Fsp3) is 0.300. The summed E-state index contributed by atoms with van der Waals surface area (Å²) < 4.78 is 10.4. The van der Waals surface area contributed by atoms with Crippen molar-refractivity contribution in [1.82, 2.24) is 4.90 Å². The van der Waals surface area contributed by atoms with Crippen LogP contribution in [0.2, 0.25) is 5.02 Å². The second kappa shape index (κ2) is 8.31. The molecule has 0 radical (unpaired) electrons. The smallest absolute Gasteiger partial charge is 0.252 e. The third kappa shape index (κ3) is 4.34. The number of likely N-dealkylation sites (tertiary alicyclic amines) is 1. The predicted octanol–water partition coefficient (Wildman–Crippen LogP) is 3.14. The first kappa shape index (κ1) is 19.0. The molecule has 1 fully saturated rings. The number of nitrogens with one attached hydrogen (secondary N) is 1. The van der Waals surface area contributed by atoms with Crippen LogP contribution in [0.25, 0.3) is 0 Å². The fourth-order valence-corrected chi connectivity index (χ4v) is 3.22. The number of rotatable bonds is 7.